The number of halogens is 2. The number of carbonyl (C=O) groups excluding carboxylic acids is 2. The van der Waals surface area contributed by atoms with Gasteiger partial charge in [-0.25, -0.2) is 4.39 Å². The highest BCUT2D eigenvalue weighted by Crippen LogP contribution is 2.22. The van der Waals surface area contributed by atoms with E-state index in [1.807, 2.05) is 0 Å². The molecule has 2 heterocycles. The molecule has 0 bridgehead atoms. The number of rotatable bonds is 3. The zero-order valence-electron chi connectivity index (χ0n) is 14.5. The van der Waals surface area contributed by atoms with E-state index in [0.717, 1.165) is 18.9 Å². The van der Waals surface area contributed by atoms with Gasteiger partial charge in [-0.15, -0.1) is 0 Å². The SMILES string of the molecule is NC(C(=O)N1CCN(C(=O)c2ccc(F)cc2Cl)CC1)C1CCOCC1. The number of amides is 2. The number of nitrogens with two attached hydrogens (primary N) is 1. The van der Waals surface area contributed by atoms with Crippen LogP contribution in [0.1, 0.15) is 23.2 Å². The lowest BCUT2D eigenvalue weighted by atomic mass is 9.91. The molecule has 8 heteroatoms. The summed E-state index contributed by atoms with van der Waals surface area (Å²) >= 11 is 5.97. The van der Waals surface area contributed by atoms with Gasteiger partial charge in [0.2, 0.25) is 5.91 Å². The van der Waals surface area contributed by atoms with Gasteiger partial charge in [-0.05, 0) is 37.0 Å². The molecule has 6 nitrogen and oxygen atoms in total. The smallest absolute Gasteiger partial charge is 0.255 e. The third kappa shape index (κ3) is 4.16. The molecule has 0 aromatic heterocycles. The number of benzene rings is 1. The molecule has 1 aromatic carbocycles. The Morgan fingerprint density at radius 3 is 2.38 bits per heavy atom. The average molecular weight is 384 g/mol. The molecular weight excluding hydrogens is 361 g/mol. The molecule has 2 saturated heterocycles. The molecular formula is C18H23ClFN3O3. The average Bonchev–Trinajstić information content (AvgIpc) is 2.67. The summed E-state index contributed by atoms with van der Waals surface area (Å²) in [6.45, 7) is 2.96. The van der Waals surface area contributed by atoms with Crippen LogP contribution in [0.3, 0.4) is 0 Å². The number of hydrogen-bond donors (Lipinski definition) is 1. The summed E-state index contributed by atoms with van der Waals surface area (Å²) in [7, 11) is 0. The minimum absolute atomic E-state index is 0.0659. The Labute approximate surface area is 157 Å². The topological polar surface area (TPSA) is 75.9 Å². The minimum Gasteiger partial charge on any atom is -0.381 e. The summed E-state index contributed by atoms with van der Waals surface area (Å²) in [5.41, 5.74) is 6.43. The van der Waals surface area contributed by atoms with Crippen LogP contribution in [0.15, 0.2) is 18.2 Å². The predicted molar refractivity (Wildman–Crippen MR) is 95.4 cm³/mol. The third-order valence-corrected chi connectivity index (χ3v) is 5.41. The molecule has 2 fully saturated rings. The summed E-state index contributed by atoms with van der Waals surface area (Å²) < 4.78 is 18.5. The number of hydrogen-bond acceptors (Lipinski definition) is 4. The predicted octanol–water partition coefficient (Wildman–Crippen LogP) is 1.52. The fraction of sp³-hybridized carbons (Fsp3) is 0.556. The lowest BCUT2D eigenvalue weighted by Gasteiger charge is -2.37. The van der Waals surface area contributed by atoms with Crippen LogP contribution in [0, 0.1) is 11.7 Å². The van der Waals surface area contributed by atoms with E-state index in [9.17, 15) is 14.0 Å². The molecule has 0 spiro atoms. The second-order valence-electron chi connectivity index (χ2n) is 6.72. The molecule has 3 rings (SSSR count). The fourth-order valence-corrected chi connectivity index (χ4v) is 3.70. The second-order valence-corrected chi connectivity index (χ2v) is 7.12. The van der Waals surface area contributed by atoms with Crippen LogP contribution in [-0.4, -0.2) is 67.0 Å². The molecule has 1 atom stereocenters. The maximum absolute atomic E-state index is 13.1. The summed E-state index contributed by atoms with van der Waals surface area (Å²) in [4.78, 5) is 28.5. The van der Waals surface area contributed by atoms with Gasteiger partial charge in [0.25, 0.3) is 5.91 Å². The molecule has 142 valence electrons. The normalized spacial score (nSPS) is 20.1. The van der Waals surface area contributed by atoms with Crippen LogP contribution >= 0.6 is 11.6 Å². The molecule has 26 heavy (non-hydrogen) atoms. The molecule has 1 unspecified atom stereocenters. The van der Waals surface area contributed by atoms with Crippen LogP contribution in [0.2, 0.25) is 5.02 Å². The largest absolute Gasteiger partial charge is 0.381 e. The van der Waals surface area contributed by atoms with Gasteiger partial charge in [-0.2, -0.15) is 0 Å². The Balaban J connectivity index is 1.56. The lowest BCUT2D eigenvalue weighted by Crippen LogP contribution is -2.56. The molecule has 2 aliphatic rings. The first-order valence-corrected chi connectivity index (χ1v) is 9.21. The van der Waals surface area contributed by atoms with Crippen molar-refractivity contribution in [1.29, 1.82) is 0 Å². The van der Waals surface area contributed by atoms with E-state index in [-0.39, 0.29) is 28.3 Å². The van der Waals surface area contributed by atoms with Gasteiger partial charge in [0.15, 0.2) is 0 Å². The molecule has 0 saturated carbocycles. The van der Waals surface area contributed by atoms with E-state index in [2.05, 4.69) is 0 Å². The standard InChI is InChI=1S/C18H23ClFN3O3/c19-15-11-13(20)1-2-14(15)17(24)22-5-7-23(8-6-22)18(25)16(21)12-3-9-26-10-4-12/h1-2,11-12,16H,3-10,21H2. The third-order valence-electron chi connectivity index (χ3n) is 5.10. The highest BCUT2D eigenvalue weighted by atomic mass is 35.5. The maximum atomic E-state index is 13.1. The summed E-state index contributed by atoms with van der Waals surface area (Å²) in [6.07, 6.45) is 1.60. The van der Waals surface area contributed by atoms with E-state index in [1.165, 1.54) is 12.1 Å². The van der Waals surface area contributed by atoms with Crippen LogP contribution in [0.25, 0.3) is 0 Å². The van der Waals surface area contributed by atoms with Gasteiger partial charge in [0.1, 0.15) is 5.82 Å². The molecule has 0 radical (unpaired) electrons. The van der Waals surface area contributed by atoms with Gasteiger partial charge in [0, 0.05) is 39.4 Å². The first-order chi connectivity index (χ1) is 12.5. The fourth-order valence-electron chi connectivity index (χ4n) is 3.45. The number of carbonyl (C=O) groups is 2. The molecule has 1 aromatic rings. The number of piperazine rings is 1. The van der Waals surface area contributed by atoms with Gasteiger partial charge < -0.3 is 20.3 Å². The molecule has 2 amide bonds. The van der Waals surface area contributed by atoms with Crippen LogP contribution in [0.4, 0.5) is 4.39 Å². The first-order valence-electron chi connectivity index (χ1n) is 8.84. The zero-order chi connectivity index (χ0) is 18.7. The van der Waals surface area contributed by atoms with Gasteiger partial charge in [-0.1, -0.05) is 11.6 Å². The van der Waals surface area contributed by atoms with Crippen LogP contribution in [0.5, 0.6) is 0 Å². The Kier molecular flexibility index (Phi) is 6.11. The summed E-state index contributed by atoms with van der Waals surface area (Å²) in [6, 6.07) is 3.21. The van der Waals surface area contributed by atoms with Crippen molar-refractivity contribution in [2.45, 2.75) is 18.9 Å². The highest BCUT2D eigenvalue weighted by Gasteiger charge is 2.32. The molecule has 0 aliphatic carbocycles. The van der Waals surface area contributed by atoms with E-state index < -0.39 is 11.9 Å². The van der Waals surface area contributed by atoms with Crippen molar-refractivity contribution < 1.29 is 18.7 Å². The zero-order valence-corrected chi connectivity index (χ0v) is 15.3. The van der Waals surface area contributed by atoms with Crippen molar-refractivity contribution in [3.05, 3.63) is 34.6 Å². The molecule has 2 aliphatic heterocycles. The van der Waals surface area contributed by atoms with Crippen molar-refractivity contribution in [3.8, 4) is 0 Å². The van der Waals surface area contributed by atoms with Gasteiger partial charge >= 0.3 is 0 Å². The van der Waals surface area contributed by atoms with E-state index in [0.29, 0.717) is 39.4 Å². The van der Waals surface area contributed by atoms with Crippen LogP contribution in [-0.2, 0) is 9.53 Å². The minimum atomic E-state index is -0.521. The van der Waals surface area contributed by atoms with Crippen molar-refractivity contribution >= 4 is 23.4 Å². The van der Waals surface area contributed by atoms with E-state index in [4.69, 9.17) is 22.1 Å². The van der Waals surface area contributed by atoms with E-state index in [1.54, 1.807) is 9.80 Å². The Morgan fingerprint density at radius 2 is 1.77 bits per heavy atom. The Bertz CT molecular complexity index is 674. The Hall–Kier alpha value is -1.70. The van der Waals surface area contributed by atoms with Crippen molar-refractivity contribution in [2.75, 3.05) is 39.4 Å². The van der Waals surface area contributed by atoms with Crippen molar-refractivity contribution in [3.63, 3.8) is 0 Å². The monoisotopic (exact) mass is 383 g/mol. The number of nitrogens with zero attached hydrogens (tertiary/aromatic N) is 2. The summed E-state index contributed by atoms with van der Waals surface area (Å²) in [5.74, 6) is -0.655. The van der Waals surface area contributed by atoms with Gasteiger partial charge in [0.05, 0.1) is 16.6 Å². The van der Waals surface area contributed by atoms with Gasteiger partial charge in [-0.3, -0.25) is 9.59 Å². The van der Waals surface area contributed by atoms with Crippen molar-refractivity contribution in [1.82, 2.24) is 9.80 Å². The first kappa shape index (κ1) is 19.1. The van der Waals surface area contributed by atoms with E-state index >= 15 is 0 Å². The maximum Gasteiger partial charge on any atom is 0.255 e. The van der Waals surface area contributed by atoms with Crippen molar-refractivity contribution in [2.24, 2.45) is 11.7 Å². The quantitative estimate of drug-likeness (QED) is 0.858. The highest BCUT2D eigenvalue weighted by molar-refractivity contribution is 6.33. The second kappa shape index (κ2) is 8.33. The molecule has 2 N–H and O–H groups in total. The summed E-state index contributed by atoms with van der Waals surface area (Å²) in [5, 5.41) is 0.0926. The number of ether oxygens (including phenoxy) is 1. The Morgan fingerprint density at radius 1 is 1.15 bits per heavy atom. The van der Waals surface area contributed by atoms with Crippen LogP contribution < -0.4 is 5.73 Å². The lowest BCUT2D eigenvalue weighted by molar-refractivity contribution is -0.136.